The van der Waals surface area contributed by atoms with Crippen LogP contribution in [0.1, 0.15) is 5.56 Å². The molecular formula is C17H18N4O3S2. The molecule has 1 aliphatic rings. The van der Waals surface area contributed by atoms with Crippen molar-refractivity contribution in [1.82, 2.24) is 14.7 Å². The molecule has 1 aliphatic heterocycles. The number of rotatable bonds is 5. The molecule has 3 heterocycles. The Morgan fingerprint density at radius 2 is 2.08 bits per heavy atom. The van der Waals surface area contributed by atoms with Crippen LogP contribution in [0, 0.1) is 6.92 Å². The second kappa shape index (κ2) is 6.49. The lowest BCUT2D eigenvalue weighted by atomic mass is 10.1. The lowest BCUT2D eigenvalue weighted by molar-refractivity contribution is 0.411. The van der Waals surface area contributed by atoms with E-state index in [1.54, 1.807) is 43.0 Å². The molecule has 136 valence electrons. The van der Waals surface area contributed by atoms with Crippen LogP contribution in [0.4, 0.5) is 5.82 Å². The number of hydrogen-bond donors (Lipinski definition) is 1. The Morgan fingerprint density at radius 3 is 2.81 bits per heavy atom. The number of benzene rings is 1. The Hall–Kier alpha value is -2.23. The summed E-state index contributed by atoms with van der Waals surface area (Å²) >= 11 is 1.59. The Morgan fingerprint density at radius 1 is 1.27 bits per heavy atom. The van der Waals surface area contributed by atoms with Gasteiger partial charge in [0.1, 0.15) is 17.9 Å². The predicted octanol–water partition coefficient (Wildman–Crippen LogP) is 2.18. The van der Waals surface area contributed by atoms with Gasteiger partial charge in [-0.15, -0.1) is 11.3 Å². The molecule has 1 N–H and O–H groups in total. The average molecular weight is 390 g/mol. The monoisotopic (exact) mass is 390 g/mol. The maximum absolute atomic E-state index is 12.6. The average Bonchev–Trinajstić information content (AvgIpc) is 3.06. The maximum Gasteiger partial charge on any atom is 0.240 e. The van der Waals surface area contributed by atoms with Gasteiger partial charge in [-0.2, -0.15) is 0 Å². The van der Waals surface area contributed by atoms with Crippen LogP contribution in [-0.4, -0.2) is 44.6 Å². The van der Waals surface area contributed by atoms with Gasteiger partial charge < -0.3 is 9.64 Å². The third kappa shape index (κ3) is 3.02. The molecule has 1 fully saturated rings. The van der Waals surface area contributed by atoms with E-state index in [2.05, 4.69) is 19.6 Å². The number of aryl methyl sites for hydroxylation is 1. The molecule has 0 bridgehead atoms. The van der Waals surface area contributed by atoms with Crippen molar-refractivity contribution in [3.05, 3.63) is 41.5 Å². The van der Waals surface area contributed by atoms with Crippen molar-refractivity contribution in [2.75, 3.05) is 25.1 Å². The van der Waals surface area contributed by atoms with Gasteiger partial charge in [-0.25, -0.2) is 23.1 Å². The topological polar surface area (TPSA) is 84.4 Å². The number of fused-ring (bicyclic) bond motifs is 1. The number of nitrogens with one attached hydrogen (secondary N) is 1. The van der Waals surface area contributed by atoms with Crippen LogP contribution in [0.15, 0.2) is 40.9 Å². The summed E-state index contributed by atoms with van der Waals surface area (Å²) in [7, 11) is -2.00. The molecule has 4 rings (SSSR count). The SMILES string of the molecule is COc1ccc(S(=O)(=O)NC2CN(c3ncnc4ccsc34)C2)cc1C. The van der Waals surface area contributed by atoms with Gasteiger partial charge in [-0.05, 0) is 42.1 Å². The molecule has 9 heteroatoms. The summed E-state index contributed by atoms with van der Waals surface area (Å²) in [6.07, 6.45) is 1.54. The van der Waals surface area contributed by atoms with Crippen molar-refractivity contribution in [2.24, 2.45) is 0 Å². The summed E-state index contributed by atoms with van der Waals surface area (Å²) < 4.78 is 34.2. The van der Waals surface area contributed by atoms with Crippen LogP contribution >= 0.6 is 11.3 Å². The van der Waals surface area contributed by atoms with Gasteiger partial charge in [0.2, 0.25) is 10.0 Å². The van der Waals surface area contributed by atoms with Crippen molar-refractivity contribution < 1.29 is 13.2 Å². The number of aromatic nitrogens is 2. The summed E-state index contributed by atoms with van der Waals surface area (Å²) in [6.45, 7) is 2.99. The molecule has 0 spiro atoms. The minimum absolute atomic E-state index is 0.146. The number of ether oxygens (including phenoxy) is 1. The highest BCUT2D eigenvalue weighted by molar-refractivity contribution is 7.89. The van der Waals surface area contributed by atoms with E-state index >= 15 is 0 Å². The van der Waals surface area contributed by atoms with Gasteiger partial charge in [0.25, 0.3) is 0 Å². The van der Waals surface area contributed by atoms with E-state index in [4.69, 9.17) is 4.74 Å². The fourth-order valence-electron chi connectivity index (χ4n) is 3.03. The molecule has 3 aromatic rings. The third-order valence-corrected chi connectivity index (χ3v) is 6.82. The zero-order valence-electron chi connectivity index (χ0n) is 14.3. The van der Waals surface area contributed by atoms with Crippen LogP contribution in [0.2, 0.25) is 0 Å². The molecule has 1 aromatic carbocycles. The fraction of sp³-hybridized carbons (Fsp3) is 0.294. The highest BCUT2D eigenvalue weighted by atomic mass is 32.2. The minimum Gasteiger partial charge on any atom is -0.496 e. The van der Waals surface area contributed by atoms with Crippen LogP contribution in [0.25, 0.3) is 10.2 Å². The number of anilines is 1. The normalized spacial score (nSPS) is 15.2. The lowest BCUT2D eigenvalue weighted by Crippen LogP contribution is -2.59. The molecule has 1 saturated heterocycles. The molecule has 0 amide bonds. The fourth-order valence-corrected chi connectivity index (χ4v) is 5.20. The van der Waals surface area contributed by atoms with Gasteiger partial charge in [0.05, 0.1) is 28.3 Å². The first-order chi connectivity index (χ1) is 12.5. The number of thiophene rings is 1. The number of nitrogens with zero attached hydrogens (tertiary/aromatic N) is 3. The van der Waals surface area contributed by atoms with E-state index in [0.717, 1.165) is 21.6 Å². The first-order valence-corrected chi connectivity index (χ1v) is 10.4. The van der Waals surface area contributed by atoms with Gasteiger partial charge in [-0.1, -0.05) is 0 Å². The Kier molecular flexibility index (Phi) is 4.29. The highest BCUT2D eigenvalue weighted by Crippen LogP contribution is 2.31. The number of hydrogen-bond acceptors (Lipinski definition) is 7. The van der Waals surface area contributed by atoms with Gasteiger partial charge in [0.15, 0.2) is 0 Å². The number of methoxy groups -OCH3 is 1. The van der Waals surface area contributed by atoms with E-state index in [1.807, 2.05) is 18.4 Å². The largest absolute Gasteiger partial charge is 0.496 e. The smallest absolute Gasteiger partial charge is 0.240 e. The van der Waals surface area contributed by atoms with E-state index in [1.165, 1.54) is 0 Å². The van der Waals surface area contributed by atoms with E-state index in [9.17, 15) is 8.42 Å². The highest BCUT2D eigenvalue weighted by Gasteiger charge is 2.33. The van der Waals surface area contributed by atoms with Crippen LogP contribution in [0.5, 0.6) is 5.75 Å². The van der Waals surface area contributed by atoms with Crippen molar-refractivity contribution >= 4 is 37.4 Å². The Bertz CT molecular complexity index is 1060. The Balaban J connectivity index is 1.46. The molecule has 7 nitrogen and oxygen atoms in total. The quantitative estimate of drug-likeness (QED) is 0.719. The molecular weight excluding hydrogens is 372 g/mol. The van der Waals surface area contributed by atoms with Gasteiger partial charge in [0, 0.05) is 13.1 Å². The van der Waals surface area contributed by atoms with E-state index in [0.29, 0.717) is 18.8 Å². The molecule has 0 aliphatic carbocycles. The summed E-state index contributed by atoms with van der Waals surface area (Å²) in [4.78, 5) is 10.9. The van der Waals surface area contributed by atoms with Crippen molar-refractivity contribution in [1.29, 1.82) is 0 Å². The molecule has 0 atom stereocenters. The predicted molar refractivity (Wildman–Crippen MR) is 101 cm³/mol. The van der Waals surface area contributed by atoms with Crippen molar-refractivity contribution in [3.63, 3.8) is 0 Å². The molecule has 2 aromatic heterocycles. The van der Waals surface area contributed by atoms with Crippen LogP contribution in [-0.2, 0) is 10.0 Å². The second-order valence-corrected chi connectivity index (χ2v) is 8.82. The Labute approximate surface area is 155 Å². The zero-order chi connectivity index (χ0) is 18.3. The third-order valence-electron chi connectivity index (χ3n) is 4.40. The lowest BCUT2D eigenvalue weighted by Gasteiger charge is -2.40. The maximum atomic E-state index is 12.6. The molecule has 0 saturated carbocycles. The van der Waals surface area contributed by atoms with Crippen LogP contribution in [0.3, 0.4) is 0 Å². The first-order valence-electron chi connectivity index (χ1n) is 8.08. The number of sulfonamides is 1. The standard InChI is InChI=1S/C17H18N4O3S2/c1-11-7-13(3-4-15(11)24-2)26(22,23)20-12-8-21(9-12)17-16-14(5-6-25-16)18-10-19-17/h3-7,10,12,20H,8-9H2,1-2H3. The summed E-state index contributed by atoms with van der Waals surface area (Å²) in [5.74, 6) is 1.53. The zero-order valence-corrected chi connectivity index (χ0v) is 16.0. The van der Waals surface area contributed by atoms with Gasteiger partial charge in [-0.3, -0.25) is 0 Å². The summed E-state index contributed by atoms with van der Waals surface area (Å²) in [5, 5.41) is 1.98. The minimum atomic E-state index is -3.57. The summed E-state index contributed by atoms with van der Waals surface area (Å²) in [5.41, 5.74) is 1.70. The molecule has 0 unspecified atom stereocenters. The second-order valence-electron chi connectivity index (χ2n) is 6.19. The van der Waals surface area contributed by atoms with Crippen molar-refractivity contribution in [3.8, 4) is 5.75 Å². The van der Waals surface area contributed by atoms with Crippen LogP contribution < -0.4 is 14.4 Å². The molecule has 26 heavy (non-hydrogen) atoms. The van der Waals surface area contributed by atoms with E-state index < -0.39 is 10.0 Å². The van der Waals surface area contributed by atoms with E-state index in [-0.39, 0.29) is 10.9 Å². The van der Waals surface area contributed by atoms with Crippen molar-refractivity contribution in [2.45, 2.75) is 17.9 Å². The first kappa shape index (κ1) is 17.2. The summed E-state index contributed by atoms with van der Waals surface area (Å²) in [6, 6.07) is 6.66. The molecule has 0 radical (unpaired) electrons. The van der Waals surface area contributed by atoms with Gasteiger partial charge >= 0.3 is 0 Å².